The second-order valence-corrected chi connectivity index (χ2v) is 6.79. The molecule has 0 saturated heterocycles. The minimum Gasteiger partial charge on any atom is -0.342 e. The molecule has 3 saturated carbocycles. The lowest BCUT2D eigenvalue weighted by atomic mass is 9.84. The fourth-order valence-corrected chi connectivity index (χ4v) is 3.36. The van der Waals surface area contributed by atoms with Gasteiger partial charge in [-0.3, -0.25) is 4.79 Å². The molecule has 0 aromatic heterocycles. The van der Waals surface area contributed by atoms with Crippen molar-refractivity contribution in [1.82, 2.24) is 4.90 Å². The molecule has 0 aromatic rings. The van der Waals surface area contributed by atoms with Crippen LogP contribution in [0.15, 0.2) is 0 Å². The van der Waals surface area contributed by atoms with Gasteiger partial charge in [-0.2, -0.15) is 0 Å². The van der Waals surface area contributed by atoms with E-state index in [0.717, 1.165) is 37.8 Å². The molecule has 3 rings (SSSR count). The Kier molecular flexibility index (Phi) is 4.78. The summed E-state index contributed by atoms with van der Waals surface area (Å²) in [4.78, 5) is 15.1. The van der Waals surface area contributed by atoms with Crippen molar-refractivity contribution in [3.05, 3.63) is 0 Å². The molecule has 4 heteroatoms. The monoisotopic (exact) mass is 286 g/mol. The van der Waals surface area contributed by atoms with Gasteiger partial charge in [0.15, 0.2) is 0 Å². The number of nitrogens with two attached hydrogens (primary N) is 1. The summed E-state index contributed by atoms with van der Waals surface area (Å²) >= 11 is 0. The Balaban J connectivity index is 0.00000133. The minimum absolute atomic E-state index is 0. The smallest absolute Gasteiger partial charge is 0.230 e. The number of carbonyl (C=O) groups is 1. The summed E-state index contributed by atoms with van der Waals surface area (Å²) in [5.41, 5.74) is 5.76. The molecule has 3 fully saturated rings. The summed E-state index contributed by atoms with van der Waals surface area (Å²) in [6.07, 6.45) is 9.71. The first-order valence-electron chi connectivity index (χ1n) is 7.73. The molecule has 0 radical (unpaired) electrons. The molecule has 0 spiro atoms. The highest BCUT2D eigenvalue weighted by Crippen LogP contribution is 2.41. The zero-order valence-electron chi connectivity index (χ0n) is 11.8. The second-order valence-electron chi connectivity index (χ2n) is 6.79. The van der Waals surface area contributed by atoms with E-state index in [1.54, 1.807) is 0 Å². The molecule has 0 bridgehead atoms. The van der Waals surface area contributed by atoms with Gasteiger partial charge in [-0.1, -0.05) is 12.8 Å². The van der Waals surface area contributed by atoms with E-state index in [1.807, 2.05) is 0 Å². The third-order valence-corrected chi connectivity index (χ3v) is 5.04. The van der Waals surface area contributed by atoms with E-state index in [9.17, 15) is 4.79 Å². The van der Waals surface area contributed by atoms with Gasteiger partial charge >= 0.3 is 0 Å². The van der Waals surface area contributed by atoms with E-state index in [4.69, 9.17) is 5.73 Å². The Hall–Kier alpha value is -0.280. The maximum Gasteiger partial charge on any atom is 0.230 e. The molecule has 0 aliphatic heterocycles. The first kappa shape index (κ1) is 15.1. The maximum atomic E-state index is 12.9. The summed E-state index contributed by atoms with van der Waals surface area (Å²) in [6.45, 7) is 2.58. The van der Waals surface area contributed by atoms with Crippen molar-refractivity contribution in [2.75, 3.05) is 19.6 Å². The highest BCUT2D eigenvalue weighted by atomic mass is 35.5. The number of nitrogens with zero attached hydrogens (tertiary/aromatic N) is 1. The van der Waals surface area contributed by atoms with Crippen molar-refractivity contribution >= 4 is 18.3 Å². The number of carbonyl (C=O) groups excluding carboxylic acids is 1. The van der Waals surface area contributed by atoms with Crippen LogP contribution in [0.3, 0.4) is 0 Å². The fraction of sp³-hybridized carbons (Fsp3) is 0.933. The Morgan fingerprint density at radius 3 is 1.89 bits per heavy atom. The molecule has 0 aromatic carbocycles. The van der Waals surface area contributed by atoms with Gasteiger partial charge in [0, 0.05) is 19.6 Å². The van der Waals surface area contributed by atoms with Crippen molar-refractivity contribution in [2.45, 2.75) is 51.4 Å². The SMILES string of the molecule is Cl.NCC1(C(=O)N(CC2CC2)CC2CC2)CCCC1. The summed E-state index contributed by atoms with van der Waals surface area (Å²) in [5.74, 6) is 1.98. The molecule has 19 heavy (non-hydrogen) atoms. The zero-order chi connectivity index (χ0) is 12.6. The van der Waals surface area contributed by atoms with Crippen molar-refractivity contribution in [3.63, 3.8) is 0 Å². The van der Waals surface area contributed by atoms with Crippen molar-refractivity contribution in [2.24, 2.45) is 23.0 Å². The van der Waals surface area contributed by atoms with Crippen LogP contribution in [-0.2, 0) is 4.79 Å². The molecular weight excluding hydrogens is 260 g/mol. The number of amides is 1. The zero-order valence-corrected chi connectivity index (χ0v) is 12.6. The van der Waals surface area contributed by atoms with Gasteiger partial charge in [0.2, 0.25) is 5.91 Å². The Labute approximate surface area is 122 Å². The molecule has 2 N–H and O–H groups in total. The summed E-state index contributed by atoms with van der Waals surface area (Å²) in [7, 11) is 0. The molecule has 3 nitrogen and oxygen atoms in total. The van der Waals surface area contributed by atoms with E-state index in [0.29, 0.717) is 12.5 Å². The first-order chi connectivity index (χ1) is 8.73. The van der Waals surface area contributed by atoms with Gasteiger partial charge < -0.3 is 10.6 Å². The Bertz CT molecular complexity index is 306. The number of halogens is 1. The van der Waals surface area contributed by atoms with Crippen molar-refractivity contribution in [3.8, 4) is 0 Å². The lowest BCUT2D eigenvalue weighted by Gasteiger charge is -2.34. The largest absolute Gasteiger partial charge is 0.342 e. The Morgan fingerprint density at radius 2 is 1.53 bits per heavy atom. The first-order valence-corrected chi connectivity index (χ1v) is 7.73. The average molecular weight is 287 g/mol. The normalized spacial score (nSPS) is 24.9. The topological polar surface area (TPSA) is 46.3 Å². The number of rotatable bonds is 6. The van der Waals surface area contributed by atoms with E-state index in [2.05, 4.69) is 4.90 Å². The van der Waals surface area contributed by atoms with Crippen LogP contribution in [0.4, 0.5) is 0 Å². The molecule has 0 atom stereocenters. The van der Waals surface area contributed by atoms with Gasteiger partial charge in [-0.15, -0.1) is 12.4 Å². The molecule has 3 aliphatic carbocycles. The van der Waals surface area contributed by atoms with Gasteiger partial charge in [-0.25, -0.2) is 0 Å². The lowest BCUT2D eigenvalue weighted by molar-refractivity contribution is -0.142. The minimum atomic E-state index is -0.191. The van der Waals surface area contributed by atoms with Crippen molar-refractivity contribution in [1.29, 1.82) is 0 Å². The molecule has 110 valence electrons. The molecule has 0 unspecified atom stereocenters. The highest BCUT2D eigenvalue weighted by molar-refractivity contribution is 5.85. The Morgan fingerprint density at radius 1 is 1.05 bits per heavy atom. The molecule has 3 aliphatic rings. The van der Waals surface area contributed by atoms with E-state index in [-0.39, 0.29) is 17.8 Å². The lowest BCUT2D eigenvalue weighted by Crippen LogP contribution is -2.48. The van der Waals surface area contributed by atoms with Crippen LogP contribution in [0.25, 0.3) is 0 Å². The average Bonchev–Trinajstić information content (AvgIpc) is 3.30. The molecular formula is C15H27ClN2O. The van der Waals surface area contributed by atoms with Crippen LogP contribution >= 0.6 is 12.4 Å². The summed E-state index contributed by atoms with van der Waals surface area (Å²) in [6, 6.07) is 0. The van der Waals surface area contributed by atoms with Gasteiger partial charge in [0.25, 0.3) is 0 Å². The van der Waals surface area contributed by atoms with Crippen LogP contribution in [0.1, 0.15) is 51.4 Å². The molecule has 1 amide bonds. The fourth-order valence-electron chi connectivity index (χ4n) is 3.36. The van der Waals surface area contributed by atoms with E-state index in [1.165, 1.54) is 38.5 Å². The molecule has 0 heterocycles. The van der Waals surface area contributed by atoms with Crippen LogP contribution in [0, 0.1) is 17.3 Å². The number of hydrogen-bond acceptors (Lipinski definition) is 2. The van der Waals surface area contributed by atoms with Crippen LogP contribution in [0.5, 0.6) is 0 Å². The van der Waals surface area contributed by atoms with Gasteiger partial charge in [0.1, 0.15) is 0 Å². The van der Waals surface area contributed by atoms with Crippen LogP contribution < -0.4 is 5.73 Å². The number of hydrogen-bond donors (Lipinski definition) is 1. The van der Waals surface area contributed by atoms with Crippen molar-refractivity contribution < 1.29 is 4.79 Å². The van der Waals surface area contributed by atoms with Gasteiger partial charge in [-0.05, 0) is 50.4 Å². The third kappa shape index (κ3) is 3.43. The van der Waals surface area contributed by atoms with E-state index >= 15 is 0 Å². The van der Waals surface area contributed by atoms with Crippen LogP contribution in [-0.4, -0.2) is 30.4 Å². The maximum absolute atomic E-state index is 12.9. The standard InChI is InChI=1S/C15H26N2O.ClH/c16-11-15(7-1-2-8-15)14(18)17(9-12-3-4-12)10-13-5-6-13;/h12-13H,1-11,16H2;1H. The summed E-state index contributed by atoms with van der Waals surface area (Å²) < 4.78 is 0. The van der Waals surface area contributed by atoms with Gasteiger partial charge in [0.05, 0.1) is 5.41 Å². The predicted molar refractivity (Wildman–Crippen MR) is 79.2 cm³/mol. The summed E-state index contributed by atoms with van der Waals surface area (Å²) in [5, 5.41) is 0. The second kappa shape index (κ2) is 6.01. The van der Waals surface area contributed by atoms with Crippen LogP contribution in [0.2, 0.25) is 0 Å². The van der Waals surface area contributed by atoms with E-state index < -0.39 is 0 Å². The highest BCUT2D eigenvalue weighted by Gasteiger charge is 2.44. The quantitative estimate of drug-likeness (QED) is 0.816. The third-order valence-electron chi connectivity index (χ3n) is 5.04. The predicted octanol–water partition coefficient (Wildman–Crippen LogP) is 2.58.